The molecule has 61 heavy (non-hydrogen) atoms. The van der Waals surface area contributed by atoms with Gasteiger partial charge in [-0.1, -0.05) is 6.07 Å². The third kappa shape index (κ3) is 5.70. The number of piperidine rings is 1. The highest BCUT2D eigenvalue weighted by Gasteiger charge is 2.67. The van der Waals surface area contributed by atoms with Crippen LogP contribution < -0.4 is 20.5 Å². The summed E-state index contributed by atoms with van der Waals surface area (Å²) in [6.45, 7) is 0. The van der Waals surface area contributed by atoms with E-state index in [1.165, 1.54) is 17.4 Å². The van der Waals surface area contributed by atoms with Gasteiger partial charge in [-0.15, -0.1) is 31.7 Å². The van der Waals surface area contributed by atoms with Gasteiger partial charge in [0.15, 0.2) is 0 Å². The van der Waals surface area contributed by atoms with Gasteiger partial charge in [-0.05, 0) is 55.5 Å². The minimum Gasteiger partial charge on any atom is -0.473 e. The summed E-state index contributed by atoms with van der Waals surface area (Å²) in [7, 11) is 0. The maximum Gasteiger partial charge on any atom is 0.264 e. The molecule has 19 heteroatoms. The van der Waals surface area contributed by atoms with Crippen LogP contribution in [0.2, 0.25) is 0 Å². The molecular formula is C42H36F3N13O2S. The van der Waals surface area contributed by atoms with Crippen molar-refractivity contribution in [3.05, 3.63) is 84.3 Å². The van der Waals surface area contributed by atoms with E-state index < -0.39 is 28.9 Å². The summed E-state index contributed by atoms with van der Waals surface area (Å²) in [5.41, 5.74) is 15.1. The number of ether oxygens (including phenoxy) is 2. The van der Waals surface area contributed by atoms with Crippen molar-refractivity contribution in [2.24, 2.45) is 11.7 Å². The number of nitrogens with one attached hydrogen (secondary N) is 4. The zero-order chi connectivity index (χ0) is 41.1. The Balaban J connectivity index is 0.778. The lowest BCUT2D eigenvalue weighted by Gasteiger charge is -2.57. The Morgan fingerprint density at radius 1 is 0.852 bits per heavy atom. The van der Waals surface area contributed by atoms with Crippen LogP contribution in [0.15, 0.2) is 72.8 Å². The van der Waals surface area contributed by atoms with E-state index in [0.29, 0.717) is 58.2 Å². The number of thiazole rings is 1. The van der Waals surface area contributed by atoms with E-state index in [2.05, 4.69) is 61.3 Å². The third-order valence-electron chi connectivity index (χ3n) is 13.2. The highest BCUT2D eigenvalue weighted by Crippen LogP contribution is 2.62. The average molecular weight is 844 g/mol. The Kier molecular flexibility index (Phi) is 7.99. The van der Waals surface area contributed by atoms with Gasteiger partial charge in [0.2, 0.25) is 11.8 Å². The molecule has 0 spiro atoms. The minimum absolute atomic E-state index is 0.0336. The molecule has 8 aromatic rings. The second kappa shape index (κ2) is 13.3. The topological polar surface area (TPSA) is 207 Å². The van der Waals surface area contributed by atoms with Gasteiger partial charge in [0.25, 0.3) is 5.92 Å². The van der Waals surface area contributed by atoms with Gasteiger partial charge in [0.1, 0.15) is 17.5 Å². The Labute approximate surface area is 348 Å². The van der Waals surface area contributed by atoms with Gasteiger partial charge < -0.3 is 20.5 Å². The Bertz CT molecular complexity index is 2960. The number of rotatable bonds is 9. The number of nitrogens with zero attached hydrogens (tertiary/aromatic N) is 8. The lowest BCUT2D eigenvalue weighted by molar-refractivity contribution is -0.118. The summed E-state index contributed by atoms with van der Waals surface area (Å²) < 4.78 is 57.6. The zero-order valence-corrected chi connectivity index (χ0v) is 33.0. The quantitative estimate of drug-likeness (QED) is 0.0988. The van der Waals surface area contributed by atoms with Gasteiger partial charge in [-0.25, -0.2) is 18.2 Å². The van der Waals surface area contributed by atoms with Crippen LogP contribution in [-0.2, 0) is 5.54 Å². The maximum absolute atomic E-state index is 15.5. The van der Waals surface area contributed by atoms with E-state index in [1.807, 2.05) is 18.2 Å². The van der Waals surface area contributed by atoms with Crippen LogP contribution in [-0.4, -0.2) is 85.7 Å². The molecule has 2 saturated heterocycles. The highest BCUT2D eigenvalue weighted by atomic mass is 32.1. The highest BCUT2D eigenvalue weighted by molar-refractivity contribution is 7.17. The number of alkyl halides is 2. The monoisotopic (exact) mass is 843 g/mol. The molecule has 0 amide bonds. The first kappa shape index (κ1) is 36.5. The van der Waals surface area contributed by atoms with E-state index in [1.54, 1.807) is 48.5 Å². The number of aromatic nitrogens is 11. The minimum atomic E-state index is -2.72. The van der Waals surface area contributed by atoms with Crippen molar-refractivity contribution in [1.29, 1.82) is 0 Å². The number of nitrogens with two attached hydrogens (primary N) is 1. The van der Waals surface area contributed by atoms with Crippen LogP contribution in [0.5, 0.6) is 11.8 Å². The molecule has 0 radical (unpaired) electrons. The molecule has 2 aliphatic heterocycles. The molecule has 2 aromatic carbocycles. The molecule has 2 saturated carbocycles. The van der Waals surface area contributed by atoms with E-state index in [9.17, 15) is 8.78 Å². The van der Waals surface area contributed by atoms with Crippen LogP contribution in [0, 0.1) is 11.7 Å². The summed E-state index contributed by atoms with van der Waals surface area (Å²) in [5.74, 6) is -2.51. The number of fused-ring (bicyclic) bond motifs is 5. The summed E-state index contributed by atoms with van der Waals surface area (Å²) >= 11 is 1.41. The van der Waals surface area contributed by atoms with Crippen LogP contribution in [0.25, 0.3) is 65.9 Å². The van der Waals surface area contributed by atoms with Gasteiger partial charge >= 0.3 is 0 Å². The first-order valence-corrected chi connectivity index (χ1v) is 21.1. The molecule has 4 fully saturated rings. The summed E-state index contributed by atoms with van der Waals surface area (Å²) in [4.78, 5) is 4.46. The van der Waals surface area contributed by atoms with E-state index >= 15 is 4.39 Å². The molecule has 6 aromatic heterocycles. The van der Waals surface area contributed by atoms with E-state index in [-0.39, 0.29) is 30.9 Å². The molecule has 8 heterocycles. The lowest BCUT2D eigenvalue weighted by atomic mass is 9.56. The molecular weight excluding hydrogens is 808 g/mol. The average Bonchev–Trinajstić information content (AvgIpc) is 4.12. The lowest BCUT2D eigenvalue weighted by Crippen LogP contribution is -2.68. The summed E-state index contributed by atoms with van der Waals surface area (Å²) in [5, 5.41) is 43.5. The maximum atomic E-state index is 15.5. The number of halogens is 3. The van der Waals surface area contributed by atoms with Crippen molar-refractivity contribution in [1.82, 2.24) is 61.3 Å². The molecule has 308 valence electrons. The number of aromatic amines is 3. The molecule has 2 aliphatic carbocycles. The molecule has 4 unspecified atom stereocenters. The number of hydrogen-bond donors (Lipinski definition) is 5. The van der Waals surface area contributed by atoms with Gasteiger partial charge in [-0.3, -0.25) is 15.3 Å². The second-order valence-corrected chi connectivity index (χ2v) is 17.6. The smallest absolute Gasteiger partial charge is 0.264 e. The Morgan fingerprint density at radius 2 is 1.67 bits per heavy atom. The third-order valence-corrected chi connectivity index (χ3v) is 14.1. The molecule has 4 aliphatic rings. The van der Waals surface area contributed by atoms with Crippen molar-refractivity contribution >= 4 is 32.5 Å². The number of benzene rings is 2. The van der Waals surface area contributed by atoms with E-state index in [0.717, 1.165) is 57.2 Å². The molecule has 2 bridgehead atoms. The number of H-pyrrole nitrogens is 3. The summed E-state index contributed by atoms with van der Waals surface area (Å²) in [6.07, 6.45) is 10.1. The van der Waals surface area contributed by atoms with Crippen molar-refractivity contribution in [2.75, 3.05) is 0 Å². The molecule has 15 nitrogen and oxygen atoms in total. The fourth-order valence-electron chi connectivity index (χ4n) is 10.6. The standard InChI is InChI=1S/C42H36F3N13O2S/c43-28-12-25(38-37(47-19-61-38)35(28)20-14-48-49-15-20)30-6-8-34(56-54-30)60-40-9-1-2-31(40)41(46,18-40)39-27(17-51-58-39)23-3-4-24(36-26(23)16-50-57-36)29-5-7-33(55-53-29)59-22-10-21-13-42(44,45)32(11-22)52-21/h3-8,12,14-17,19,21-22,31-32,52H,1-2,9-11,13,18,46H2,(H,48,49)(H,50,57)(H,51,58)/t21?,22?,31?,32?,40-,41+/m0/s1. The van der Waals surface area contributed by atoms with Crippen LogP contribution in [0.3, 0.4) is 0 Å². The van der Waals surface area contributed by atoms with Crippen molar-refractivity contribution in [2.45, 2.75) is 80.2 Å². The normalized spacial score (nSPS) is 26.4. The summed E-state index contributed by atoms with van der Waals surface area (Å²) in [6, 6.07) is 11.4. The van der Waals surface area contributed by atoms with Gasteiger partial charge in [0, 0.05) is 82.8 Å². The van der Waals surface area contributed by atoms with Crippen molar-refractivity contribution in [3.8, 4) is 56.5 Å². The van der Waals surface area contributed by atoms with Gasteiger partial charge in [-0.2, -0.15) is 15.3 Å². The predicted molar refractivity (Wildman–Crippen MR) is 218 cm³/mol. The van der Waals surface area contributed by atoms with Crippen LogP contribution >= 0.6 is 11.3 Å². The van der Waals surface area contributed by atoms with Crippen molar-refractivity contribution < 1.29 is 22.6 Å². The number of hydrogen-bond acceptors (Lipinski definition) is 13. The fraction of sp³-hybridized carbons (Fsp3) is 0.333. The van der Waals surface area contributed by atoms with Crippen molar-refractivity contribution in [3.63, 3.8) is 0 Å². The zero-order valence-electron chi connectivity index (χ0n) is 32.2. The Morgan fingerprint density at radius 3 is 2.48 bits per heavy atom. The van der Waals surface area contributed by atoms with Crippen LogP contribution in [0.4, 0.5) is 13.2 Å². The molecule has 6 atom stereocenters. The predicted octanol–water partition coefficient (Wildman–Crippen LogP) is 7.09. The van der Waals surface area contributed by atoms with E-state index in [4.69, 9.17) is 15.2 Å². The van der Waals surface area contributed by atoms with Gasteiger partial charge in [0.05, 0.1) is 68.5 Å². The van der Waals surface area contributed by atoms with Crippen LogP contribution in [0.1, 0.15) is 50.6 Å². The SMILES string of the molecule is N[C@]1(c2[nH]ncc2-c2ccc(-c3ccc(OC4CC5CC(F)(F)C(C4)N5)nn3)c3[nH]ncc23)C[C@@]2(Oc3ccc(-c4cc(F)c(-c5cn[nH]c5)c5ncsc45)nn3)CCCC21. The fourth-order valence-corrected chi connectivity index (χ4v) is 11.4. The Hall–Kier alpha value is -6.31. The second-order valence-electron chi connectivity index (χ2n) is 16.7. The first-order valence-electron chi connectivity index (χ1n) is 20.2. The largest absolute Gasteiger partial charge is 0.473 e. The molecule has 12 rings (SSSR count). The molecule has 6 N–H and O–H groups in total. The first-order chi connectivity index (χ1) is 29.7.